The number of benzene rings is 11. The van der Waals surface area contributed by atoms with Crippen LogP contribution in [0.4, 0.5) is 17.1 Å². The Morgan fingerprint density at radius 2 is 0.609 bits per heavy atom. The Bertz CT molecular complexity index is 3570. The summed E-state index contributed by atoms with van der Waals surface area (Å²) in [5, 5.41) is 7.56. The van der Waals surface area contributed by atoms with Gasteiger partial charge in [-0.05, 0) is 127 Å². The van der Waals surface area contributed by atoms with Gasteiger partial charge in [0, 0.05) is 33.5 Å². The van der Waals surface area contributed by atoms with E-state index in [1.807, 2.05) is 0 Å². The lowest BCUT2D eigenvalue weighted by molar-refractivity contribution is 1.18. The van der Waals surface area contributed by atoms with Gasteiger partial charge < -0.3 is 9.47 Å². The number of hydrogen-bond donors (Lipinski definition) is 0. The van der Waals surface area contributed by atoms with E-state index >= 15 is 0 Å². The van der Waals surface area contributed by atoms with Crippen LogP contribution in [0.5, 0.6) is 0 Å². The summed E-state index contributed by atoms with van der Waals surface area (Å²) in [6, 6.07) is 92.6. The molecule has 0 amide bonds. The predicted molar refractivity (Wildman–Crippen MR) is 272 cm³/mol. The second-order valence-electron chi connectivity index (χ2n) is 16.5. The SMILES string of the molecule is c1cc(-c2ccc(N(c3ccc(-c4ccc(-c5cccc6ccccc56)cc4)cc3)c3ccc(-c4cccc5ccccc45)cc3)cc2)cc(-n2c3ccccc3c3ccccc32)c1. The first-order valence-corrected chi connectivity index (χ1v) is 22.0. The molecule has 1 aromatic heterocycles. The van der Waals surface area contributed by atoms with E-state index in [9.17, 15) is 0 Å². The first-order valence-electron chi connectivity index (χ1n) is 22.0. The van der Waals surface area contributed by atoms with Crippen molar-refractivity contribution in [3.8, 4) is 50.2 Å². The molecule has 12 rings (SSSR count). The fourth-order valence-electron chi connectivity index (χ4n) is 9.66. The quantitative estimate of drug-likeness (QED) is 0.148. The summed E-state index contributed by atoms with van der Waals surface area (Å²) in [6.45, 7) is 0. The molecule has 0 saturated carbocycles. The number of fused-ring (bicyclic) bond motifs is 5. The van der Waals surface area contributed by atoms with Gasteiger partial charge in [-0.15, -0.1) is 0 Å². The standard InChI is InChI=1S/C62H42N2/c1-3-18-55-46(12-1)14-10-22-57(55)48-28-26-43(27-29-48)44-30-36-51(37-31-44)63(53-40-34-49(35-41-53)58-23-11-15-47-13-2-4-19-56(47)58)52-38-32-45(33-39-52)50-16-9-17-54(42-50)64-61-24-7-5-20-59(61)60-21-6-8-25-62(60)64/h1-42H. The number of anilines is 3. The van der Waals surface area contributed by atoms with Crippen molar-refractivity contribution < 1.29 is 0 Å². The predicted octanol–water partition coefficient (Wildman–Crippen LogP) is 17.2. The van der Waals surface area contributed by atoms with Crippen molar-refractivity contribution in [2.45, 2.75) is 0 Å². The first kappa shape index (κ1) is 37.3. The van der Waals surface area contributed by atoms with E-state index in [4.69, 9.17) is 0 Å². The molecular weight excluding hydrogens is 773 g/mol. The Labute approximate surface area is 373 Å². The molecule has 0 atom stereocenters. The van der Waals surface area contributed by atoms with E-state index in [1.54, 1.807) is 0 Å². The van der Waals surface area contributed by atoms with Gasteiger partial charge in [0.2, 0.25) is 0 Å². The number of nitrogens with zero attached hydrogens (tertiary/aromatic N) is 2. The lowest BCUT2D eigenvalue weighted by Crippen LogP contribution is -2.09. The first-order chi connectivity index (χ1) is 31.7. The Morgan fingerprint density at radius 1 is 0.250 bits per heavy atom. The lowest BCUT2D eigenvalue weighted by atomic mass is 9.96. The average molecular weight is 815 g/mol. The third-order valence-electron chi connectivity index (χ3n) is 12.8. The molecule has 0 bridgehead atoms. The molecule has 64 heavy (non-hydrogen) atoms. The summed E-state index contributed by atoms with van der Waals surface area (Å²) in [6.07, 6.45) is 0. The largest absolute Gasteiger partial charge is 0.311 e. The third-order valence-corrected chi connectivity index (χ3v) is 12.8. The highest BCUT2D eigenvalue weighted by Gasteiger charge is 2.16. The van der Waals surface area contributed by atoms with Gasteiger partial charge >= 0.3 is 0 Å². The summed E-state index contributed by atoms with van der Waals surface area (Å²) in [7, 11) is 0. The maximum Gasteiger partial charge on any atom is 0.0541 e. The molecule has 0 aliphatic rings. The zero-order chi connectivity index (χ0) is 42.4. The molecule has 11 aromatic carbocycles. The van der Waals surface area contributed by atoms with Gasteiger partial charge in [-0.1, -0.05) is 194 Å². The average Bonchev–Trinajstić information content (AvgIpc) is 3.71. The monoisotopic (exact) mass is 814 g/mol. The van der Waals surface area contributed by atoms with Crippen molar-refractivity contribution >= 4 is 60.4 Å². The van der Waals surface area contributed by atoms with Crippen LogP contribution in [0.25, 0.3) is 93.5 Å². The molecule has 0 aliphatic carbocycles. The highest BCUT2D eigenvalue weighted by Crippen LogP contribution is 2.40. The number of para-hydroxylation sites is 2. The molecule has 1 heterocycles. The Kier molecular flexibility index (Phi) is 9.20. The Morgan fingerprint density at radius 3 is 1.11 bits per heavy atom. The minimum atomic E-state index is 1.09. The molecule has 0 unspecified atom stereocenters. The van der Waals surface area contributed by atoms with E-state index in [-0.39, 0.29) is 0 Å². The second-order valence-corrected chi connectivity index (χ2v) is 16.5. The summed E-state index contributed by atoms with van der Waals surface area (Å²) in [5.41, 5.74) is 16.5. The van der Waals surface area contributed by atoms with Gasteiger partial charge in [0.15, 0.2) is 0 Å². The topological polar surface area (TPSA) is 8.17 Å². The molecule has 0 fully saturated rings. The van der Waals surface area contributed by atoms with Crippen molar-refractivity contribution in [2.24, 2.45) is 0 Å². The smallest absolute Gasteiger partial charge is 0.0541 e. The number of hydrogen-bond acceptors (Lipinski definition) is 1. The molecule has 0 N–H and O–H groups in total. The van der Waals surface area contributed by atoms with E-state index in [0.29, 0.717) is 0 Å². The lowest BCUT2D eigenvalue weighted by Gasteiger charge is -2.26. The molecule has 0 radical (unpaired) electrons. The fraction of sp³-hybridized carbons (Fsp3) is 0. The van der Waals surface area contributed by atoms with Gasteiger partial charge in [-0.25, -0.2) is 0 Å². The summed E-state index contributed by atoms with van der Waals surface area (Å²) in [5.74, 6) is 0. The summed E-state index contributed by atoms with van der Waals surface area (Å²) in [4.78, 5) is 2.36. The van der Waals surface area contributed by atoms with Crippen molar-refractivity contribution in [1.82, 2.24) is 4.57 Å². The molecule has 300 valence electrons. The molecular formula is C62H42N2. The number of rotatable bonds is 8. The molecule has 12 aromatic rings. The van der Waals surface area contributed by atoms with Crippen LogP contribution in [0.2, 0.25) is 0 Å². The van der Waals surface area contributed by atoms with E-state index in [2.05, 4.69) is 264 Å². The van der Waals surface area contributed by atoms with Crippen molar-refractivity contribution in [2.75, 3.05) is 4.90 Å². The maximum absolute atomic E-state index is 2.38. The minimum absolute atomic E-state index is 1.09. The number of aromatic nitrogens is 1. The zero-order valence-corrected chi connectivity index (χ0v) is 35.1. The van der Waals surface area contributed by atoms with Crippen LogP contribution in [0.15, 0.2) is 255 Å². The zero-order valence-electron chi connectivity index (χ0n) is 35.1. The van der Waals surface area contributed by atoms with E-state index in [0.717, 1.165) is 22.7 Å². The van der Waals surface area contributed by atoms with Crippen LogP contribution in [-0.4, -0.2) is 4.57 Å². The molecule has 2 nitrogen and oxygen atoms in total. The van der Waals surface area contributed by atoms with E-state index < -0.39 is 0 Å². The molecule has 2 heteroatoms. The third kappa shape index (κ3) is 6.61. The highest BCUT2D eigenvalue weighted by molar-refractivity contribution is 6.09. The summed E-state index contributed by atoms with van der Waals surface area (Å²) < 4.78 is 2.38. The highest BCUT2D eigenvalue weighted by atomic mass is 15.1. The Balaban J connectivity index is 0.897. The van der Waals surface area contributed by atoms with Crippen molar-refractivity contribution in [3.63, 3.8) is 0 Å². The minimum Gasteiger partial charge on any atom is -0.311 e. The van der Waals surface area contributed by atoms with Gasteiger partial charge in [-0.2, -0.15) is 0 Å². The van der Waals surface area contributed by atoms with Crippen LogP contribution < -0.4 is 4.90 Å². The van der Waals surface area contributed by atoms with Crippen LogP contribution in [-0.2, 0) is 0 Å². The van der Waals surface area contributed by atoms with Gasteiger partial charge in [0.1, 0.15) is 0 Å². The maximum atomic E-state index is 2.38. The van der Waals surface area contributed by atoms with E-state index in [1.165, 1.54) is 87.9 Å². The van der Waals surface area contributed by atoms with Crippen LogP contribution >= 0.6 is 0 Å². The van der Waals surface area contributed by atoms with Crippen molar-refractivity contribution in [3.05, 3.63) is 255 Å². The molecule has 0 saturated heterocycles. The van der Waals surface area contributed by atoms with Gasteiger partial charge in [0.05, 0.1) is 11.0 Å². The molecule has 0 aliphatic heterocycles. The van der Waals surface area contributed by atoms with Crippen LogP contribution in [0.3, 0.4) is 0 Å². The molecule has 0 spiro atoms. The van der Waals surface area contributed by atoms with Gasteiger partial charge in [-0.3, -0.25) is 0 Å². The van der Waals surface area contributed by atoms with Crippen LogP contribution in [0.1, 0.15) is 0 Å². The normalized spacial score (nSPS) is 11.4. The van der Waals surface area contributed by atoms with Gasteiger partial charge in [0.25, 0.3) is 0 Å². The Hall–Kier alpha value is -8.46. The fourth-order valence-corrected chi connectivity index (χ4v) is 9.66. The summed E-state index contributed by atoms with van der Waals surface area (Å²) >= 11 is 0. The van der Waals surface area contributed by atoms with Crippen molar-refractivity contribution in [1.29, 1.82) is 0 Å². The van der Waals surface area contributed by atoms with Crippen LogP contribution in [0, 0.1) is 0 Å². The second kappa shape index (κ2) is 15.8.